The first-order chi connectivity index (χ1) is 7.61. The second-order valence-corrected chi connectivity index (χ2v) is 3.94. The molecule has 1 saturated heterocycles. The zero-order valence-electron chi connectivity index (χ0n) is 8.91. The average Bonchev–Trinajstić information content (AvgIpc) is 2.83. The molecule has 0 radical (unpaired) electrons. The molecule has 0 aliphatic carbocycles. The van der Waals surface area contributed by atoms with E-state index in [0.717, 1.165) is 6.42 Å². The van der Waals surface area contributed by atoms with E-state index in [0.29, 0.717) is 0 Å². The topological polar surface area (TPSA) is 103 Å². The SMILES string of the molecule is C[C@H]1C[C@H](n2cnc(C(N)=O)n2)O[C@@H]1CO. The second kappa shape index (κ2) is 4.18. The molecule has 88 valence electrons. The van der Waals surface area contributed by atoms with E-state index in [4.69, 9.17) is 15.6 Å². The third-order valence-electron chi connectivity index (χ3n) is 2.74. The predicted octanol–water partition coefficient (Wildman–Crippen LogP) is -0.707. The Bertz CT molecular complexity index is 392. The van der Waals surface area contributed by atoms with Crippen molar-refractivity contribution in [2.24, 2.45) is 11.7 Å². The Morgan fingerprint density at radius 2 is 2.56 bits per heavy atom. The predicted molar refractivity (Wildman–Crippen MR) is 53.3 cm³/mol. The summed E-state index contributed by atoms with van der Waals surface area (Å²) in [6.45, 7) is 1.97. The Labute approximate surface area is 92.2 Å². The molecular weight excluding hydrogens is 212 g/mol. The standard InChI is InChI=1S/C9H14N4O3/c1-5-2-7(16-6(5)3-14)13-4-11-9(12-13)8(10)15/h4-7,14H,2-3H2,1H3,(H2,10,15)/t5-,6+,7+/m0/s1. The average molecular weight is 226 g/mol. The van der Waals surface area contributed by atoms with E-state index in [1.165, 1.54) is 11.0 Å². The number of carbonyl (C=O) groups excluding carboxylic acids is 1. The number of amides is 1. The van der Waals surface area contributed by atoms with Gasteiger partial charge in [0.25, 0.3) is 5.91 Å². The van der Waals surface area contributed by atoms with Crippen LogP contribution in [0.5, 0.6) is 0 Å². The monoisotopic (exact) mass is 226 g/mol. The van der Waals surface area contributed by atoms with Crippen LogP contribution in [-0.2, 0) is 4.74 Å². The number of nitrogens with two attached hydrogens (primary N) is 1. The first-order valence-corrected chi connectivity index (χ1v) is 5.09. The molecule has 0 unspecified atom stereocenters. The highest BCUT2D eigenvalue weighted by molar-refractivity contribution is 5.88. The van der Waals surface area contributed by atoms with Crippen LogP contribution in [0.3, 0.4) is 0 Å². The Hall–Kier alpha value is -1.47. The van der Waals surface area contributed by atoms with Crippen molar-refractivity contribution in [2.75, 3.05) is 6.61 Å². The maximum Gasteiger partial charge on any atom is 0.288 e. The van der Waals surface area contributed by atoms with E-state index in [-0.39, 0.29) is 30.7 Å². The molecule has 0 spiro atoms. The summed E-state index contributed by atoms with van der Waals surface area (Å²) in [5.74, 6) is -0.441. The fourth-order valence-corrected chi connectivity index (χ4v) is 1.78. The van der Waals surface area contributed by atoms with Crippen LogP contribution in [0.4, 0.5) is 0 Å². The summed E-state index contributed by atoms with van der Waals surface area (Å²) in [5.41, 5.74) is 5.05. The van der Waals surface area contributed by atoms with Gasteiger partial charge in [0.2, 0.25) is 5.82 Å². The Balaban J connectivity index is 2.11. The number of nitrogens with zero attached hydrogens (tertiary/aromatic N) is 3. The Morgan fingerprint density at radius 3 is 3.06 bits per heavy atom. The van der Waals surface area contributed by atoms with Crippen molar-refractivity contribution < 1.29 is 14.6 Å². The normalized spacial score (nSPS) is 29.5. The molecule has 1 aromatic heterocycles. The zero-order chi connectivity index (χ0) is 11.7. The second-order valence-electron chi connectivity index (χ2n) is 3.94. The van der Waals surface area contributed by atoms with Crippen LogP contribution in [0.2, 0.25) is 0 Å². The summed E-state index contributed by atoms with van der Waals surface area (Å²) in [4.78, 5) is 14.6. The molecule has 3 N–H and O–H groups in total. The highest BCUT2D eigenvalue weighted by Gasteiger charge is 2.33. The fourth-order valence-electron chi connectivity index (χ4n) is 1.78. The molecule has 2 rings (SSSR count). The lowest BCUT2D eigenvalue weighted by molar-refractivity contribution is -0.0347. The van der Waals surface area contributed by atoms with Crippen molar-refractivity contribution >= 4 is 5.91 Å². The third kappa shape index (κ3) is 1.91. The van der Waals surface area contributed by atoms with Crippen LogP contribution < -0.4 is 5.73 Å². The van der Waals surface area contributed by atoms with E-state index < -0.39 is 5.91 Å². The largest absolute Gasteiger partial charge is 0.394 e. The minimum Gasteiger partial charge on any atom is -0.394 e. The van der Waals surface area contributed by atoms with Gasteiger partial charge in [0, 0.05) is 0 Å². The number of aromatic nitrogens is 3. The molecule has 7 nitrogen and oxygen atoms in total. The van der Waals surface area contributed by atoms with E-state index in [9.17, 15) is 4.79 Å². The lowest BCUT2D eigenvalue weighted by atomic mass is 10.0. The molecular formula is C9H14N4O3. The van der Waals surface area contributed by atoms with Gasteiger partial charge < -0.3 is 15.6 Å². The molecule has 0 aromatic carbocycles. The Kier molecular flexibility index (Phi) is 2.88. The highest BCUT2D eigenvalue weighted by Crippen LogP contribution is 2.32. The Morgan fingerprint density at radius 1 is 1.81 bits per heavy atom. The van der Waals surface area contributed by atoms with Crippen LogP contribution in [-0.4, -0.2) is 38.5 Å². The summed E-state index contributed by atoms with van der Waals surface area (Å²) < 4.78 is 7.02. The summed E-state index contributed by atoms with van der Waals surface area (Å²) >= 11 is 0. The number of aliphatic hydroxyl groups excluding tert-OH is 1. The number of ether oxygens (including phenoxy) is 1. The lowest BCUT2D eigenvalue weighted by Crippen LogP contribution is -2.19. The fraction of sp³-hybridized carbons (Fsp3) is 0.667. The van der Waals surface area contributed by atoms with Crippen LogP contribution in [0.15, 0.2) is 6.33 Å². The van der Waals surface area contributed by atoms with Gasteiger partial charge in [-0.3, -0.25) is 4.79 Å². The first kappa shape index (κ1) is 11.0. The minimum atomic E-state index is -0.663. The van der Waals surface area contributed by atoms with Crippen LogP contribution >= 0.6 is 0 Å². The van der Waals surface area contributed by atoms with Crippen molar-refractivity contribution in [3.05, 3.63) is 12.2 Å². The van der Waals surface area contributed by atoms with Gasteiger partial charge in [0.15, 0.2) is 6.23 Å². The van der Waals surface area contributed by atoms with Crippen molar-refractivity contribution in [1.82, 2.24) is 14.8 Å². The number of aliphatic hydroxyl groups is 1. The first-order valence-electron chi connectivity index (χ1n) is 5.09. The third-order valence-corrected chi connectivity index (χ3v) is 2.74. The summed E-state index contributed by atoms with van der Waals surface area (Å²) in [5, 5.41) is 13.0. The number of hydrogen-bond acceptors (Lipinski definition) is 5. The lowest BCUT2D eigenvalue weighted by Gasteiger charge is -2.11. The van der Waals surface area contributed by atoms with Gasteiger partial charge in [-0.05, 0) is 12.3 Å². The molecule has 1 aliphatic rings. The van der Waals surface area contributed by atoms with E-state index in [2.05, 4.69) is 10.1 Å². The number of primary amides is 1. The summed E-state index contributed by atoms with van der Waals surface area (Å²) in [6, 6.07) is 0. The summed E-state index contributed by atoms with van der Waals surface area (Å²) in [7, 11) is 0. The van der Waals surface area contributed by atoms with Crippen molar-refractivity contribution in [2.45, 2.75) is 25.7 Å². The maximum atomic E-state index is 10.8. The maximum absolute atomic E-state index is 10.8. The molecule has 0 bridgehead atoms. The molecule has 2 heterocycles. The minimum absolute atomic E-state index is 0.0188. The van der Waals surface area contributed by atoms with Crippen LogP contribution in [0, 0.1) is 5.92 Å². The van der Waals surface area contributed by atoms with Gasteiger partial charge in [0.1, 0.15) is 6.33 Å². The number of hydrogen-bond donors (Lipinski definition) is 2. The van der Waals surface area contributed by atoms with E-state index >= 15 is 0 Å². The van der Waals surface area contributed by atoms with Crippen LogP contribution in [0.1, 0.15) is 30.2 Å². The zero-order valence-corrected chi connectivity index (χ0v) is 8.91. The molecule has 1 amide bonds. The number of carbonyl (C=O) groups is 1. The molecule has 7 heteroatoms. The van der Waals surface area contributed by atoms with Crippen LogP contribution in [0.25, 0.3) is 0 Å². The van der Waals surface area contributed by atoms with Crippen molar-refractivity contribution in [1.29, 1.82) is 0 Å². The molecule has 1 aliphatic heterocycles. The van der Waals surface area contributed by atoms with Gasteiger partial charge in [-0.2, -0.15) is 0 Å². The van der Waals surface area contributed by atoms with Gasteiger partial charge in [-0.25, -0.2) is 9.67 Å². The van der Waals surface area contributed by atoms with E-state index in [1.54, 1.807) is 0 Å². The summed E-state index contributed by atoms with van der Waals surface area (Å²) in [6.07, 6.45) is 1.67. The van der Waals surface area contributed by atoms with Gasteiger partial charge in [-0.1, -0.05) is 6.92 Å². The smallest absolute Gasteiger partial charge is 0.288 e. The van der Waals surface area contributed by atoms with E-state index in [1.807, 2.05) is 6.92 Å². The van der Waals surface area contributed by atoms with Gasteiger partial charge >= 0.3 is 0 Å². The molecule has 1 fully saturated rings. The molecule has 16 heavy (non-hydrogen) atoms. The van der Waals surface area contributed by atoms with Crippen molar-refractivity contribution in [3.8, 4) is 0 Å². The number of rotatable bonds is 3. The highest BCUT2D eigenvalue weighted by atomic mass is 16.5. The quantitative estimate of drug-likeness (QED) is 0.708. The molecule has 3 atom stereocenters. The van der Waals surface area contributed by atoms with Gasteiger partial charge in [0.05, 0.1) is 12.7 Å². The molecule has 0 saturated carbocycles. The van der Waals surface area contributed by atoms with Crippen molar-refractivity contribution in [3.63, 3.8) is 0 Å². The van der Waals surface area contributed by atoms with Gasteiger partial charge in [-0.15, -0.1) is 5.10 Å². The molecule has 1 aromatic rings.